The van der Waals surface area contributed by atoms with E-state index in [1.54, 1.807) is 11.1 Å². The van der Waals surface area contributed by atoms with Gasteiger partial charge >= 0.3 is 0 Å². The van der Waals surface area contributed by atoms with Crippen molar-refractivity contribution in [1.29, 1.82) is 0 Å². The van der Waals surface area contributed by atoms with Crippen molar-refractivity contribution in [1.82, 2.24) is 4.98 Å². The maximum Gasteiger partial charge on any atom is 0.0708 e. The van der Waals surface area contributed by atoms with Gasteiger partial charge < -0.3 is 0 Å². The molecular formula is C36H41N. The zero-order valence-corrected chi connectivity index (χ0v) is 22.9. The number of rotatable bonds is 4. The van der Waals surface area contributed by atoms with Crippen LogP contribution in [0, 0.1) is 12.8 Å². The number of pyridine rings is 1. The van der Waals surface area contributed by atoms with E-state index in [-0.39, 0.29) is 0 Å². The topological polar surface area (TPSA) is 12.9 Å². The second-order valence-corrected chi connectivity index (χ2v) is 11.4. The number of nitrogens with zero attached hydrogens (tertiary/aromatic N) is 1. The van der Waals surface area contributed by atoms with Crippen molar-refractivity contribution in [3.8, 4) is 22.4 Å². The molecule has 0 saturated carbocycles. The Labute approximate surface area is 224 Å². The second kappa shape index (κ2) is 11.9. The molecule has 1 nitrogen and oxygen atoms in total. The standard InChI is InChI=1S/C36H41N/c1-26(2)22-34-23-28-8-5-7-11-31-19-15-29(9-4-6-10-30(34)18-14-28)24-35(31)33-20-21-37-36(25-33)32-16-12-27(3)13-17-32/h12-21,23-26H,4-11,22H2,1-3H3. The van der Waals surface area contributed by atoms with Crippen LogP contribution in [0.15, 0.2) is 79.0 Å². The highest BCUT2D eigenvalue weighted by Gasteiger charge is 2.12. The van der Waals surface area contributed by atoms with Crippen LogP contribution in [-0.2, 0) is 32.1 Å². The normalized spacial score (nSPS) is 14.4. The number of aromatic nitrogens is 1. The summed E-state index contributed by atoms with van der Waals surface area (Å²) >= 11 is 0. The number of hydrogen-bond acceptors (Lipinski definition) is 1. The summed E-state index contributed by atoms with van der Waals surface area (Å²) < 4.78 is 0. The van der Waals surface area contributed by atoms with Crippen LogP contribution in [0.25, 0.3) is 22.4 Å². The molecule has 0 unspecified atom stereocenters. The predicted molar refractivity (Wildman–Crippen MR) is 158 cm³/mol. The van der Waals surface area contributed by atoms with Crippen molar-refractivity contribution in [2.24, 2.45) is 5.92 Å². The number of hydrogen-bond donors (Lipinski definition) is 0. The highest BCUT2D eigenvalue weighted by Crippen LogP contribution is 2.31. The maximum atomic E-state index is 4.71. The zero-order valence-electron chi connectivity index (χ0n) is 22.9. The molecule has 4 aliphatic rings. The molecule has 0 fully saturated rings. The van der Waals surface area contributed by atoms with Crippen LogP contribution in [0.5, 0.6) is 0 Å². The molecule has 0 N–H and O–H groups in total. The summed E-state index contributed by atoms with van der Waals surface area (Å²) in [5, 5.41) is 0. The van der Waals surface area contributed by atoms with Gasteiger partial charge in [-0.3, -0.25) is 4.98 Å². The van der Waals surface area contributed by atoms with Gasteiger partial charge in [-0.2, -0.15) is 0 Å². The molecule has 37 heavy (non-hydrogen) atoms. The van der Waals surface area contributed by atoms with Gasteiger partial charge in [0.05, 0.1) is 5.69 Å². The molecule has 4 aromatic rings. The Morgan fingerprint density at radius 1 is 0.649 bits per heavy atom. The van der Waals surface area contributed by atoms with Crippen molar-refractivity contribution in [3.05, 3.63) is 112 Å². The fourth-order valence-electron chi connectivity index (χ4n) is 5.74. The molecule has 1 heterocycles. The average molecular weight is 488 g/mol. The summed E-state index contributed by atoms with van der Waals surface area (Å²) in [5.74, 6) is 0.704. The fraction of sp³-hybridized carbons (Fsp3) is 0.361. The molecule has 1 aromatic heterocycles. The summed E-state index contributed by atoms with van der Waals surface area (Å²) in [5.41, 5.74) is 13.8. The van der Waals surface area contributed by atoms with Crippen molar-refractivity contribution in [3.63, 3.8) is 0 Å². The summed E-state index contributed by atoms with van der Waals surface area (Å²) in [6, 6.07) is 27.8. The first kappa shape index (κ1) is 25.5. The van der Waals surface area contributed by atoms with Gasteiger partial charge in [-0.1, -0.05) is 80.1 Å². The van der Waals surface area contributed by atoms with Crippen LogP contribution < -0.4 is 0 Å². The monoisotopic (exact) mass is 487 g/mol. The first-order valence-electron chi connectivity index (χ1n) is 14.3. The van der Waals surface area contributed by atoms with Crippen molar-refractivity contribution in [2.75, 3.05) is 0 Å². The minimum absolute atomic E-state index is 0.704. The Bertz CT molecular complexity index is 1330. The second-order valence-electron chi connectivity index (χ2n) is 11.4. The van der Waals surface area contributed by atoms with Crippen molar-refractivity contribution >= 4 is 0 Å². The van der Waals surface area contributed by atoms with E-state index in [1.807, 2.05) is 6.20 Å². The van der Waals surface area contributed by atoms with Crippen LogP contribution in [-0.4, -0.2) is 4.98 Å². The van der Waals surface area contributed by atoms with E-state index < -0.39 is 0 Å². The lowest BCUT2D eigenvalue weighted by molar-refractivity contribution is 0.636. The SMILES string of the molecule is Cc1ccc(-c2cc(-c3cc4ccc3CCCCc3ccc(c(CC(C)C)c3)CCCC4)ccn2)cc1. The fourth-order valence-corrected chi connectivity index (χ4v) is 5.74. The maximum absolute atomic E-state index is 4.71. The molecule has 4 aliphatic carbocycles. The lowest BCUT2D eigenvalue weighted by Crippen LogP contribution is -2.03. The first-order chi connectivity index (χ1) is 18.0. The summed E-state index contributed by atoms with van der Waals surface area (Å²) in [6.45, 7) is 6.82. The Morgan fingerprint density at radius 3 is 2.03 bits per heavy atom. The Kier molecular flexibility index (Phi) is 8.19. The molecule has 0 radical (unpaired) electrons. The quantitative estimate of drug-likeness (QED) is 0.279. The molecule has 0 spiro atoms. The third-order valence-electron chi connectivity index (χ3n) is 7.81. The molecular weight excluding hydrogens is 446 g/mol. The number of benzene rings is 3. The highest BCUT2D eigenvalue weighted by atomic mass is 14.7. The first-order valence-corrected chi connectivity index (χ1v) is 14.3. The van der Waals surface area contributed by atoms with E-state index in [2.05, 4.69) is 93.6 Å². The molecule has 8 rings (SSSR count). The molecule has 1 heteroatoms. The molecule has 0 amide bonds. The summed E-state index contributed by atoms with van der Waals surface area (Å²) in [6.07, 6.45) is 12.7. The number of aryl methyl sites for hydroxylation is 5. The van der Waals surface area contributed by atoms with Gasteiger partial charge in [-0.05, 0) is 122 Å². The van der Waals surface area contributed by atoms with Crippen LogP contribution in [0.2, 0.25) is 0 Å². The van der Waals surface area contributed by atoms with Gasteiger partial charge in [0.2, 0.25) is 0 Å². The Morgan fingerprint density at radius 2 is 1.30 bits per heavy atom. The molecule has 4 bridgehead atoms. The minimum atomic E-state index is 0.704. The van der Waals surface area contributed by atoms with E-state index in [0.29, 0.717) is 5.92 Å². The molecule has 0 saturated heterocycles. The molecule has 0 aliphatic heterocycles. The van der Waals surface area contributed by atoms with Gasteiger partial charge in [-0.15, -0.1) is 0 Å². The smallest absolute Gasteiger partial charge is 0.0708 e. The average Bonchev–Trinajstić information content (AvgIpc) is 2.90. The molecule has 190 valence electrons. The lowest BCUT2D eigenvalue weighted by Gasteiger charge is -2.16. The summed E-state index contributed by atoms with van der Waals surface area (Å²) in [7, 11) is 0. The van der Waals surface area contributed by atoms with Gasteiger partial charge in [0.15, 0.2) is 0 Å². The van der Waals surface area contributed by atoms with Crippen molar-refractivity contribution in [2.45, 2.75) is 78.6 Å². The summed E-state index contributed by atoms with van der Waals surface area (Å²) in [4.78, 5) is 4.71. The van der Waals surface area contributed by atoms with Crippen LogP contribution >= 0.6 is 0 Å². The van der Waals surface area contributed by atoms with E-state index >= 15 is 0 Å². The third-order valence-corrected chi connectivity index (χ3v) is 7.81. The van der Waals surface area contributed by atoms with Gasteiger partial charge in [0, 0.05) is 11.8 Å². The third kappa shape index (κ3) is 6.58. The van der Waals surface area contributed by atoms with Gasteiger partial charge in [0.1, 0.15) is 0 Å². The Hall–Kier alpha value is -3.19. The Balaban J connectivity index is 1.42. The van der Waals surface area contributed by atoms with Crippen LogP contribution in [0.4, 0.5) is 0 Å². The van der Waals surface area contributed by atoms with E-state index in [1.165, 1.54) is 83.9 Å². The molecule has 3 aromatic carbocycles. The van der Waals surface area contributed by atoms with Crippen molar-refractivity contribution < 1.29 is 0 Å². The van der Waals surface area contributed by atoms with Gasteiger partial charge in [-0.25, -0.2) is 0 Å². The van der Waals surface area contributed by atoms with Crippen LogP contribution in [0.3, 0.4) is 0 Å². The lowest BCUT2D eigenvalue weighted by atomic mass is 9.89. The predicted octanol–water partition coefficient (Wildman–Crippen LogP) is 9.37. The van der Waals surface area contributed by atoms with Crippen LogP contribution in [0.1, 0.15) is 72.9 Å². The van der Waals surface area contributed by atoms with Gasteiger partial charge in [0.25, 0.3) is 0 Å². The molecule has 0 atom stereocenters. The largest absolute Gasteiger partial charge is 0.256 e. The van der Waals surface area contributed by atoms with E-state index in [9.17, 15) is 0 Å². The van der Waals surface area contributed by atoms with E-state index in [0.717, 1.165) is 18.5 Å². The highest BCUT2D eigenvalue weighted by molar-refractivity contribution is 5.73. The van der Waals surface area contributed by atoms with E-state index in [4.69, 9.17) is 4.98 Å². The zero-order chi connectivity index (χ0) is 25.6. The minimum Gasteiger partial charge on any atom is -0.256 e.